The van der Waals surface area contributed by atoms with Gasteiger partial charge in [-0.3, -0.25) is 20.2 Å². The van der Waals surface area contributed by atoms with E-state index in [1.54, 1.807) is 6.92 Å². The number of halogens is 2. The number of rotatable bonds is 2. The van der Waals surface area contributed by atoms with Gasteiger partial charge in [-0.25, -0.2) is 0 Å². The molecule has 0 aliphatic rings. The average Bonchev–Trinajstić information content (AvgIpc) is 2.38. The van der Waals surface area contributed by atoms with E-state index >= 15 is 0 Å². The fourth-order valence-electron chi connectivity index (χ4n) is 1.40. The van der Waals surface area contributed by atoms with Crippen molar-refractivity contribution in [3.8, 4) is 5.75 Å². The Morgan fingerprint density at radius 2 is 1.36 bits per heavy atom. The Morgan fingerprint density at radius 3 is 1.77 bits per heavy atom. The van der Waals surface area contributed by atoms with Crippen molar-refractivity contribution in [3.05, 3.63) is 73.8 Å². The molecular weight excluding hydrogens is 302 g/mol. The van der Waals surface area contributed by atoms with E-state index < -0.39 is 32.9 Å². The zero-order chi connectivity index (χ0) is 16.9. The summed E-state index contributed by atoms with van der Waals surface area (Å²) in [5, 5.41) is 28.8. The van der Waals surface area contributed by atoms with Gasteiger partial charge in [-0.1, -0.05) is 6.07 Å². The van der Waals surface area contributed by atoms with Crippen LogP contribution in [0.1, 0.15) is 5.56 Å². The van der Waals surface area contributed by atoms with Crippen LogP contribution in [0.15, 0.2) is 36.4 Å². The lowest BCUT2D eigenvalue weighted by molar-refractivity contribution is -0.387. The summed E-state index contributed by atoms with van der Waals surface area (Å²) in [5.74, 6) is -2.14. The van der Waals surface area contributed by atoms with Crippen molar-refractivity contribution in [1.29, 1.82) is 0 Å². The zero-order valence-corrected chi connectivity index (χ0v) is 11.2. The minimum Gasteiger partial charge on any atom is -0.508 e. The molecule has 0 aliphatic heterocycles. The Labute approximate surface area is 122 Å². The van der Waals surface area contributed by atoms with Crippen LogP contribution in [0, 0.1) is 38.8 Å². The van der Waals surface area contributed by atoms with Crippen LogP contribution in [-0.2, 0) is 0 Å². The smallest absolute Gasteiger partial charge is 0.305 e. The molecule has 22 heavy (non-hydrogen) atoms. The summed E-state index contributed by atoms with van der Waals surface area (Å²) >= 11 is 0. The Balaban J connectivity index is 0.000000220. The van der Waals surface area contributed by atoms with Gasteiger partial charge in [-0.05, 0) is 24.6 Å². The highest BCUT2D eigenvalue weighted by atomic mass is 19.1. The SMILES string of the molecule is Cc1ccc([N+](=O)[O-])c(F)c1.O=[N+]([O-])c1ccc(O)cc1F. The lowest BCUT2D eigenvalue weighted by atomic mass is 10.2. The number of aryl methyl sites for hydroxylation is 1. The van der Waals surface area contributed by atoms with E-state index in [0.717, 1.165) is 24.3 Å². The molecule has 7 nitrogen and oxygen atoms in total. The van der Waals surface area contributed by atoms with Crippen LogP contribution in [-0.4, -0.2) is 15.0 Å². The van der Waals surface area contributed by atoms with Gasteiger partial charge < -0.3 is 5.11 Å². The first kappa shape index (κ1) is 17.0. The van der Waals surface area contributed by atoms with E-state index in [1.807, 2.05) is 0 Å². The second-order valence-electron chi connectivity index (χ2n) is 4.10. The molecule has 0 fully saturated rings. The van der Waals surface area contributed by atoms with Crippen molar-refractivity contribution in [2.75, 3.05) is 0 Å². The number of hydrogen-bond donors (Lipinski definition) is 1. The second-order valence-corrected chi connectivity index (χ2v) is 4.10. The van der Waals surface area contributed by atoms with E-state index in [-0.39, 0.29) is 5.75 Å². The van der Waals surface area contributed by atoms with Crippen LogP contribution in [0.5, 0.6) is 5.75 Å². The van der Waals surface area contributed by atoms with Gasteiger partial charge in [0, 0.05) is 18.2 Å². The van der Waals surface area contributed by atoms with Crippen molar-refractivity contribution in [1.82, 2.24) is 0 Å². The Morgan fingerprint density at radius 1 is 0.909 bits per heavy atom. The van der Waals surface area contributed by atoms with Crippen molar-refractivity contribution in [2.45, 2.75) is 6.92 Å². The predicted octanol–water partition coefficient (Wildman–Crippen LogP) is 3.48. The molecule has 0 unspecified atom stereocenters. The van der Waals surface area contributed by atoms with E-state index in [9.17, 15) is 29.0 Å². The maximum Gasteiger partial charge on any atom is 0.305 e. The maximum absolute atomic E-state index is 12.7. The third-order valence-electron chi connectivity index (χ3n) is 2.43. The molecule has 0 saturated heterocycles. The monoisotopic (exact) mass is 312 g/mol. The number of nitrogens with zero attached hydrogens (tertiary/aromatic N) is 2. The molecule has 0 atom stereocenters. The third kappa shape index (κ3) is 4.47. The van der Waals surface area contributed by atoms with Gasteiger partial charge in [-0.2, -0.15) is 8.78 Å². The summed E-state index contributed by atoms with van der Waals surface area (Å²) < 4.78 is 25.2. The summed E-state index contributed by atoms with van der Waals surface area (Å²) in [6.45, 7) is 1.67. The predicted molar refractivity (Wildman–Crippen MR) is 72.5 cm³/mol. The minimum atomic E-state index is -1.03. The van der Waals surface area contributed by atoms with Crippen LogP contribution in [0.3, 0.4) is 0 Å². The highest BCUT2D eigenvalue weighted by Gasteiger charge is 2.13. The lowest BCUT2D eigenvalue weighted by Crippen LogP contribution is -1.91. The molecule has 0 aliphatic carbocycles. The number of benzene rings is 2. The minimum absolute atomic E-state index is 0.326. The molecule has 0 spiro atoms. The topological polar surface area (TPSA) is 107 Å². The molecule has 0 radical (unpaired) electrons. The van der Waals surface area contributed by atoms with Gasteiger partial charge >= 0.3 is 11.4 Å². The van der Waals surface area contributed by atoms with Gasteiger partial charge in [-0.15, -0.1) is 0 Å². The fourth-order valence-corrected chi connectivity index (χ4v) is 1.40. The highest BCUT2D eigenvalue weighted by molar-refractivity contribution is 5.37. The molecule has 1 N–H and O–H groups in total. The summed E-state index contributed by atoms with van der Waals surface area (Å²) in [6.07, 6.45) is 0. The largest absolute Gasteiger partial charge is 0.508 e. The normalized spacial score (nSPS) is 9.59. The fraction of sp³-hybridized carbons (Fsp3) is 0.0769. The summed E-state index contributed by atoms with van der Waals surface area (Å²) in [7, 11) is 0. The zero-order valence-electron chi connectivity index (χ0n) is 11.2. The van der Waals surface area contributed by atoms with Crippen molar-refractivity contribution in [3.63, 3.8) is 0 Å². The average molecular weight is 312 g/mol. The van der Waals surface area contributed by atoms with Gasteiger partial charge in [0.2, 0.25) is 11.6 Å². The standard InChI is InChI=1S/C7H6FNO2.C6H4FNO3/c1-5-2-3-7(9(10)11)6(8)4-5;7-5-3-4(9)1-2-6(5)8(10)11/h2-4H,1H3;1-3,9H. The molecule has 2 aromatic carbocycles. The van der Waals surface area contributed by atoms with Gasteiger partial charge in [0.05, 0.1) is 9.85 Å². The first-order valence-electron chi connectivity index (χ1n) is 5.76. The Bertz CT molecular complexity index is 660. The second kappa shape index (κ2) is 7.07. The summed E-state index contributed by atoms with van der Waals surface area (Å²) in [4.78, 5) is 18.5. The third-order valence-corrected chi connectivity index (χ3v) is 2.43. The van der Waals surface area contributed by atoms with Crippen molar-refractivity contribution >= 4 is 11.4 Å². The van der Waals surface area contributed by atoms with Gasteiger partial charge in [0.1, 0.15) is 5.75 Å². The molecule has 0 saturated carbocycles. The van der Waals surface area contributed by atoms with Gasteiger partial charge in [0.25, 0.3) is 0 Å². The van der Waals surface area contributed by atoms with Gasteiger partial charge in [0.15, 0.2) is 0 Å². The summed E-state index contributed by atoms with van der Waals surface area (Å²) in [6, 6.07) is 6.45. The molecule has 0 aromatic heterocycles. The van der Waals surface area contributed by atoms with Crippen LogP contribution >= 0.6 is 0 Å². The van der Waals surface area contributed by atoms with Crippen LogP contribution < -0.4 is 0 Å². The number of nitro benzene ring substituents is 2. The molecular formula is C13H10F2N2O5. The van der Waals surface area contributed by atoms with Crippen molar-refractivity contribution < 1.29 is 23.7 Å². The molecule has 0 heterocycles. The number of aromatic hydroxyl groups is 1. The first-order valence-corrected chi connectivity index (χ1v) is 5.76. The van der Waals surface area contributed by atoms with E-state index in [0.29, 0.717) is 11.6 Å². The van der Waals surface area contributed by atoms with E-state index in [4.69, 9.17) is 5.11 Å². The molecule has 9 heteroatoms. The first-order chi connectivity index (χ1) is 10.2. The summed E-state index contributed by atoms with van der Waals surface area (Å²) in [5.41, 5.74) is -0.438. The molecule has 0 amide bonds. The van der Waals surface area contributed by atoms with E-state index in [2.05, 4.69) is 0 Å². The highest BCUT2D eigenvalue weighted by Crippen LogP contribution is 2.20. The number of phenols is 1. The van der Waals surface area contributed by atoms with E-state index in [1.165, 1.54) is 6.07 Å². The van der Waals surface area contributed by atoms with Crippen LogP contribution in [0.4, 0.5) is 20.2 Å². The quantitative estimate of drug-likeness (QED) is 0.674. The number of hydrogen-bond acceptors (Lipinski definition) is 5. The van der Waals surface area contributed by atoms with Crippen molar-refractivity contribution in [2.24, 2.45) is 0 Å². The van der Waals surface area contributed by atoms with Crippen LogP contribution in [0.25, 0.3) is 0 Å². The Hall–Kier alpha value is -3.10. The molecule has 0 bridgehead atoms. The molecule has 116 valence electrons. The number of phenolic OH excluding ortho intramolecular Hbond substituents is 1. The number of nitro groups is 2. The molecule has 2 rings (SSSR count). The molecule has 2 aromatic rings. The van der Waals surface area contributed by atoms with Crippen LogP contribution in [0.2, 0.25) is 0 Å². The Kier molecular flexibility index (Phi) is 5.44. The maximum atomic E-state index is 12.7. The lowest BCUT2D eigenvalue weighted by Gasteiger charge is -1.93.